The zero-order valence-electron chi connectivity index (χ0n) is 18.3. The van der Waals surface area contributed by atoms with Gasteiger partial charge in [0, 0.05) is 23.3 Å². The normalized spacial score (nSPS) is 11.5. The lowest BCUT2D eigenvalue weighted by atomic mass is 10.1. The van der Waals surface area contributed by atoms with Crippen LogP contribution < -0.4 is 16.4 Å². The number of aryl methyl sites for hydroxylation is 1. The molecule has 9 nitrogen and oxygen atoms in total. The number of benzene rings is 2. The molecule has 33 heavy (non-hydrogen) atoms. The highest BCUT2D eigenvalue weighted by Crippen LogP contribution is 2.21. The lowest BCUT2D eigenvalue weighted by Gasteiger charge is -2.16. The van der Waals surface area contributed by atoms with E-state index >= 15 is 0 Å². The zero-order valence-corrected chi connectivity index (χ0v) is 18.3. The van der Waals surface area contributed by atoms with Crippen LogP contribution >= 0.6 is 0 Å². The molecule has 0 saturated heterocycles. The Morgan fingerprint density at radius 1 is 1.03 bits per heavy atom. The molecule has 0 amide bonds. The van der Waals surface area contributed by atoms with Crippen molar-refractivity contribution in [3.63, 3.8) is 0 Å². The van der Waals surface area contributed by atoms with Crippen LogP contribution in [0.2, 0.25) is 0 Å². The number of H-pyrrole nitrogens is 1. The summed E-state index contributed by atoms with van der Waals surface area (Å²) < 4.78 is 2.84. The Labute approximate surface area is 188 Å². The number of rotatable bonds is 6. The Hall–Kier alpha value is -4.27. The Bertz CT molecular complexity index is 1570. The standard InChI is InChI=1S/C24H23N7O2/c1-15(2)10-11-30-21-20(31(23(33)22(30)32)18-6-4-3-5-7-18)14-25-24(28-21)27-17-8-9-19-16(12-17)13-26-29-19/h3-9,12-15H,10-11H2,1-2H3,(H,26,29)(H,25,27,28). The molecule has 0 fully saturated rings. The average Bonchev–Trinajstić information content (AvgIpc) is 3.28. The van der Waals surface area contributed by atoms with Gasteiger partial charge in [-0.2, -0.15) is 10.1 Å². The van der Waals surface area contributed by atoms with E-state index in [9.17, 15) is 9.59 Å². The zero-order chi connectivity index (χ0) is 22.9. The van der Waals surface area contributed by atoms with Gasteiger partial charge >= 0.3 is 11.1 Å². The summed E-state index contributed by atoms with van der Waals surface area (Å²) >= 11 is 0. The fourth-order valence-corrected chi connectivity index (χ4v) is 3.78. The highest BCUT2D eigenvalue weighted by molar-refractivity contribution is 5.83. The first-order chi connectivity index (χ1) is 16.0. The molecule has 5 aromatic rings. The minimum absolute atomic E-state index is 0.335. The van der Waals surface area contributed by atoms with Gasteiger partial charge in [-0.25, -0.2) is 4.98 Å². The maximum Gasteiger partial charge on any atom is 0.321 e. The van der Waals surface area contributed by atoms with E-state index < -0.39 is 11.1 Å². The van der Waals surface area contributed by atoms with E-state index in [0.717, 1.165) is 23.0 Å². The highest BCUT2D eigenvalue weighted by atomic mass is 16.2. The number of fused-ring (bicyclic) bond motifs is 2. The molecule has 0 aliphatic heterocycles. The number of para-hydroxylation sites is 1. The van der Waals surface area contributed by atoms with Crippen molar-refractivity contribution in [2.75, 3.05) is 5.32 Å². The summed E-state index contributed by atoms with van der Waals surface area (Å²) in [7, 11) is 0. The van der Waals surface area contributed by atoms with Crippen LogP contribution in [0.5, 0.6) is 0 Å². The molecule has 0 radical (unpaired) electrons. The fourth-order valence-electron chi connectivity index (χ4n) is 3.78. The lowest BCUT2D eigenvalue weighted by Crippen LogP contribution is -2.41. The quantitative estimate of drug-likeness (QED) is 0.390. The molecule has 0 bridgehead atoms. The second kappa shape index (κ2) is 8.34. The first-order valence-electron chi connectivity index (χ1n) is 10.8. The van der Waals surface area contributed by atoms with E-state index in [-0.39, 0.29) is 0 Å². The SMILES string of the molecule is CC(C)CCn1c(=O)c(=O)n(-c2ccccc2)c2cnc(Nc3ccc4[nH]ncc4c3)nc21. The minimum Gasteiger partial charge on any atom is -0.324 e. The second-order valence-electron chi connectivity index (χ2n) is 8.31. The largest absolute Gasteiger partial charge is 0.324 e. The van der Waals surface area contributed by atoms with Crippen LogP contribution in [-0.4, -0.2) is 29.3 Å². The summed E-state index contributed by atoms with van der Waals surface area (Å²) in [5.74, 6) is 0.700. The van der Waals surface area contributed by atoms with Gasteiger partial charge in [0.25, 0.3) is 0 Å². The number of aromatic amines is 1. The van der Waals surface area contributed by atoms with E-state index in [1.807, 2.05) is 36.4 Å². The first-order valence-corrected chi connectivity index (χ1v) is 10.8. The lowest BCUT2D eigenvalue weighted by molar-refractivity contribution is 0.511. The molecular formula is C24H23N7O2. The average molecular weight is 441 g/mol. The number of anilines is 2. The van der Waals surface area contributed by atoms with Crippen molar-refractivity contribution >= 4 is 33.7 Å². The predicted octanol–water partition coefficient (Wildman–Crippen LogP) is 3.61. The molecule has 0 atom stereocenters. The molecule has 166 valence electrons. The predicted molar refractivity (Wildman–Crippen MR) is 128 cm³/mol. The van der Waals surface area contributed by atoms with Gasteiger partial charge < -0.3 is 5.32 Å². The van der Waals surface area contributed by atoms with Crippen molar-refractivity contribution in [1.82, 2.24) is 29.3 Å². The van der Waals surface area contributed by atoms with E-state index in [4.69, 9.17) is 0 Å². The van der Waals surface area contributed by atoms with E-state index in [1.165, 1.54) is 9.13 Å². The molecule has 3 aromatic heterocycles. The summed E-state index contributed by atoms with van der Waals surface area (Å²) in [5.41, 5.74) is 1.97. The van der Waals surface area contributed by atoms with E-state index in [2.05, 4.69) is 39.3 Å². The highest BCUT2D eigenvalue weighted by Gasteiger charge is 2.17. The Balaban J connectivity index is 1.67. The Morgan fingerprint density at radius 3 is 2.64 bits per heavy atom. The van der Waals surface area contributed by atoms with E-state index in [0.29, 0.717) is 35.3 Å². The van der Waals surface area contributed by atoms with Gasteiger partial charge in [0.1, 0.15) is 5.52 Å². The third-order valence-electron chi connectivity index (χ3n) is 5.52. The number of nitrogens with one attached hydrogen (secondary N) is 2. The molecule has 0 unspecified atom stereocenters. The molecule has 0 spiro atoms. The van der Waals surface area contributed by atoms with Crippen LogP contribution in [0.4, 0.5) is 11.6 Å². The van der Waals surface area contributed by atoms with Crippen molar-refractivity contribution in [3.8, 4) is 5.69 Å². The molecule has 9 heteroatoms. The summed E-state index contributed by atoms with van der Waals surface area (Å²) in [4.78, 5) is 35.3. The Kier molecular flexibility index (Phi) is 5.21. The molecule has 0 aliphatic rings. The molecule has 2 aromatic carbocycles. The maximum absolute atomic E-state index is 13.1. The van der Waals surface area contributed by atoms with Gasteiger partial charge in [-0.1, -0.05) is 32.0 Å². The van der Waals surface area contributed by atoms with Crippen LogP contribution in [0.3, 0.4) is 0 Å². The van der Waals surface area contributed by atoms with Crippen LogP contribution in [0.15, 0.2) is 70.5 Å². The monoisotopic (exact) mass is 441 g/mol. The molecular weight excluding hydrogens is 418 g/mol. The number of aromatic nitrogens is 6. The molecule has 3 heterocycles. The second-order valence-corrected chi connectivity index (χ2v) is 8.31. The van der Waals surface area contributed by atoms with Crippen LogP contribution in [0.1, 0.15) is 20.3 Å². The van der Waals surface area contributed by atoms with Gasteiger partial charge in [0.05, 0.1) is 17.9 Å². The molecule has 2 N–H and O–H groups in total. The number of nitrogens with zero attached hydrogens (tertiary/aromatic N) is 5. The summed E-state index contributed by atoms with van der Waals surface area (Å²) in [6.45, 7) is 4.55. The topological polar surface area (TPSA) is 110 Å². The minimum atomic E-state index is -0.618. The van der Waals surface area contributed by atoms with Crippen molar-refractivity contribution in [3.05, 3.63) is 81.6 Å². The molecule has 0 saturated carbocycles. The van der Waals surface area contributed by atoms with Gasteiger partial charge in [-0.15, -0.1) is 0 Å². The van der Waals surface area contributed by atoms with Gasteiger partial charge in [0.2, 0.25) is 5.95 Å². The summed E-state index contributed by atoms with van der Waals surface area (Å²) in [5, 5.41) is 11.1. The molecule has 5 rings (SSSR count). The Morgan fingerprint density at radius 2 is 1.85 bits per heavy atom. The van der Waals surface area contributed by atoms with Gasteiger partial charge in [0.15, 0.2) is 5.65 Å². The smallest absolute Gasteiger partial charge is 0.321 e. The number of hydrogen-bond donors (Lipinski definition) is 2. The van der Waals surface area contributed by atoms with Crippen molar-refractivity contribution in [2.45, 2.75) is 26.8 Å². The van der Waals surface area contributed by atoms with Gasteiger partial charge in [-0.05, 0) is 42.7 Å². The van der Waals surface area contributed by atoms with Crippen LogP contribution in [-0.2, 0) is 6.54 Å². The van der Waals surface area contributed by atoms with Crippen molar-refractivity contribution in [1.29, 1.82) is 0 Å². The summed E-state index contributed by atoms with van der Waals surface area (Å²) in [6, 6.07) is 14.8. The van der Waals surface area contributed by atoms with Crippen LogP contribution in [0, 0.1) is 5.92 Å². The van der Waals surface area contributed by atoms with Crippen molar-refractivity contribution in [2.24, 2.45) is 5.92 Å². The number of hydrogen-bond acceptors (Lipinski definition) is 6. The third-order valence-corrected chi connectivity index (χ3v) is 5.52. The van der Waals surface area contributed by atoms with E-state index in [1.54, 1.807) is 24.5 Å². The summed E-state index contributed by atoms with van der Waals surface area (Å²) in [6.07, 6.45) is 4.07. The van der Waals surface area contributed by atoms with Gasteiger partial charge in [-0.3, -0.25) is 23.8 Å². The van der Waals surface area contributed by atoms with Crippen LogP contribution in [0.25, 0.3) is 27.8 Å². The molecule has 0 aliphatic carbocycles. The third kappa shape index (κ3) is 3.89. The first kappa shape index (κ1) is 20.6. The fraction of sp³-hybridized carbons (Fsp3) is 0.208. The van der Waals surface area contributed by atoms with Crippen molar-refractivity contribution < 1.29 is 0 Å². The maximum atomic E-state index is 13.1.